The van der Waals surface area contributed by atoms with Crippen LogP contribution in [0.5, 0.6) is 11.5 Å². The summed E-state index contributed by atoms with van der Waals surface area (Å²) in [6.07, 6.45) is 0.244. The van der Waals surface area contributed by atoms with Gasteiger partial charge >= 0.3 is 20.3 Å². The van der Waals surface area contributed by atoms with Gasteiger partial charge in [0.15, 0.2) is 0 Å². The molecule has 0 unspecified atom stereocenters. The van der Waals surface area contributed by atoms with E-state index in [0.29, 0.717) is 11.1 Å². The Morgan fingerprint density at radius 3 is 2.52 bits per heavy atom. The van der Waals surface area contributed by atoms with Crippen LogP contribution in [0.4, 0.5) is 5.69 Å². The highest BCUT2D eigenvalue weighted by molar-refractivity contribution is 7.92. The van der Waals surface area contributed by atoms with Gasteiger partial charge in [-0.3, -0.25) is 4.79 Å². The maximum absolute atomic E-state index is 12.0. The normalized spacial score (nSPS) is 15.9. The molecule has 0 spiro atoms. The maximum atomic E-state index is 12.0. The lowest BCUT2D eigenvalue weighted by Crippen LogP contribution is -2.29. The molecule has 0 bridgehead atoms. The minimum Gasteiger partial charge on any atom is -0.506 e. The van der Waals surface area contributed by atoms with Crippen LogP contribution in [0.3, 0.4) is 0 Å². The molecule has 3 rings (SSSR count). The second-order valence-corrected chi connectivity index (χ2v) is 10.0. The van der Waals surface area contributed by atoms with Crippen LogP contribution in [0.1, 0.15) is 23.6 Å². The predicted octanol–water partition coefficient (Wildman–Crippen LogP) is 1.20. The number of carbonyl (C=O) groups excluding carboxylic acids is 1. The fourth-order valence-corrected chi connectivity index (χ4v) is 4.61. The van der Waals surface area contributed by atoms with Gasteiger partial charge in [-0.1, -0.05) is 23.8 Å². The minimum atomic E-state index is -4.03. The molecule has 29 heavy (non-hydrogen) atoms. The van der Waals surface area contributed by atoms with E-state index in [9.17, 15) is 26.7 Å². The van der Waals surface area contributed by atoms with Gasteiger partial charge in [-0.05, 0) is 37.6 Å². The summed E-state index contributed by atoms with van der Waals surface area (Å²) >= 11 is 0. The van der Waals surface area contributed by atoms with Crippen molar-refractivity contribution in [3.05, 3.63) is 53.1 Å². The van der Waals surface area contributed by atoms with Gasteiger partial charge in [0.05, 0.1) is 11.4 Å². The molecule has 2 N–H and O–H groups in total. The van der Waals surface area contributed by atoms with Gasteiger partial charge in [-0.2, -0.15) is 16.8 Å². The van der Waals surface area contributed by atoms with Crippen molar-refractivity contribution in [2.45, 2.75) is 20.3 Å². The first kappa shape index (κ1) is 20.9. The van der Waals surface area contributed by atoms with E-state index in [-0.39, 0.29) is 29.4 Å². The summed E-state index contributed by atoms with van der Waals surface area (Å²) in [7, 11) is -7.74. The average Bonchev–Trinajstić information content (AvgIpc) is 2.89. The number of amides is 1. The lowest BCUT2D eigenvalue weighted by molar-refractivity contribution is -0.117. The molecule has 156 valence electrons. The van der Waals surface area contributed by atoms with E-state index in [4.69, 9.17) is 4.18 Å². The molecular formula is C18H20N2O7S2. The lowest BCUT2D eigenvalue weighted by Gasteiger charge is -2.17. The lowest BCUT2D eigenvalue weighted by atomic mass is 10.0. The topological polar surface area (TPSA) is 130 Å². The van der Waals surface area contributed by atoms with Crippen LogP contribution in [-0.2, 0) is 31.5 Å². The van der Waals surface area contributed by atoms with Crippen LogP contribution < -0.4 is 13.2 Å². The summed E-state index contributed by atoms with van der Waals surface area (Å²) in [5, 5.41) is 10.3. The number of hydrogen-bond acceptors (Lipinski definition) is 7. The Balaban J connectivity index is 1.91. The van der Waals surface area contributed by atoms with Gasteiger partial charge in [0.1, 0.15) is 18.0 Å². The smallest absolute Gasteiger partial charge is 0.326 e. The number of aromatic hydroxyl groups is 1. The van der Waals surface area contributed by atoms with Crippen molar-refractivity contribution >= 4 is 31.9 Å². The monoisotopic (exact) mass is 440 g/mol. The highest BCUT2D eigenvalue weighted by atomic mass is 32.2. The maximum Gasteiger partial charge on any atom is 0.326 e. The summed E-state index contributed by atoms with van der Waals surface area (Å²) in [5.41, 5.74) is 2.07. The van der Waals surface area contributed by atoms with Crippen LogP contribution in [0.15, 0.2) is 36.4 Å². The first-order valence-electron chi connectivity index (χ1n) is 8.67. The summed E-state index contributed by atoms with van der Waals surface area (Å²) in [4.78, 5) is 11.4. The number of aryl methyl sites for hydroxylation is 1. The van der Waals surface area contributed by atoms with Crippen molar-refractivity contribution in [2.75, 3.05) is 16.6 Å². The van der Waals surface area contributed by atoms with E-state index < -0.39 is 32.8 Å². The number of benzene rings is 2. The van der Waals surface area contributed by atoms with E-state index >= 15 is 0 Å². The van der Waals surface area contributed by atoms with Gasteiger partial charge in [-0.25, -0.2) is 9.03 Å². The third-order valence-corrected chi connectivity index (χ3v) is 6.84. The number of carbonyl (C=O) groups is 1. The number of rotatable bonds is 6. The summed E-state index contributed by atoms with van der Waals surface area (Å²) in [5.74, 6) is -0.990. The third kappa shape index (κ3) is 4.62. The summed E-state index contributed by atoms with van der Waals surface area (Å²) in [6, 6.07) is 9.43. The molecular weight excluding hydrogens is 420 g/mol. The molecule has 1 aliphatic rings. The standard InChI is InChI=1S/C18H20N2O7S2/c1-3-28(23,24)27-17-7-4-12(2)8-14(17)9-13-5-6-15(16(21)10-13)20-11-18(22)19-29(20,25)26/h4-8,10,21H,3,9,11H2,1-2H3,(H,19,22). The van der Waals surface area contributed by atoms with Gasteiger partial charge in [0, 0.05) is 12.0 Å². The highest BCUT2D eigenvalue weighted by Crippen LogP contribution is 2.33. The SMILES string of the molecule is CCS(=O)(=O)Oc1ccc(C)cc1Cc1ccc(N2CC(=O)NS2(=O)=O)c(O)c1. The van der Waals surface area contributed by atoms with Crippen LogP contribution in [0.25, 0.3) is 0 Å². The molecule has 9 nitrogen and oxygen atoms in total. The second-order valence-electron chi connectivity index (χ2n) is 6.58. The Morgan fingerprint density at radius 2 is 1.93 bits per heavy atom. The van der Waals surface area contributed by atoms with Crippen LogP contribution in [0.2, 0.25) is 0 Å². The molecule has 2 aromatic rings. The van der Waals surface area contributed by atoms with Crippen LogP contribution in [0, 0.1) is 6.92 Å². The highest BCUT2D eigenvalue weighted by Gasteiger charge is 2.35. The van der Waals surface area contributed by atoms with Crippen molar-refractivity contribution < 1.29 is 30.9 Å². The zero-order valence-corrected chi connectivity index (χ0v) is 17.4. The first-order valence-corrected chi connectivity index (χ1v) is 11.7. The Bertz CT molecular complexity index is 1170. The Morgan fingerprint density at radius 1 is 1.21 bits per heavy atom. The predicted molar refractivity (Wildman–Crippen MR) is 107 cm³/mol. The first-order chi connectivity index (χ1) is 13.5. The minimum absolute atomic E-state index is 0.0265. The number of nitrogens with zero attached hydrogens (tertiary/aromatic N) is 1. The van der Waals surface area contributed by atoms with Crippen molar-refractivity contribution in [3.63, 3.8) is 0 Å². The number of anilines is 1. The fraction of sp³-hybridized carbons (Fsp3) is 0.278. The number of nitrogens with one attached hydrogen (secondary N) is 1. The van der Waals surface area contributed by atoms with Crippen molar-refractivity contribution in [3.8, 4) is 11.5 Å². The molecule has 11 heteroatoms. The van der Waals surface area contributed by atoms with Crippen molar-refractivity contribution in [1.82, 2.24) is 4.72 Å². The molecule has 1 fully saturated rings. The average molecular weight is 440 g/mol. The Hall–Kier alpha value is -2.79. The quantitative estimate of drug-likeness (QED) is 0.646. The molecule has 1 saturated heterocycles. The van der Waals surface area contributed by atoms with Crippen molar-refractivity contribution in [1.29, 1.82) is 0 Å². The van der Waals surface area contributed by atoms with Gasteiger partial charge < -0.3 is 9.29 Å². The van der Waals surface area contributed by atoms with Crippen LogP contribution >= 0.6 is 0 Å². The van der Waals surface area contributed by atoms with E-state index in [1.807, 2.05) is 11.6 Å². The number of phenolic OH excluding ortho intramolecular Hbond substituents is 1. The van der Waals surface area contributed by atoms with E-state index in [1.165, 1.54) is 19.1 Å². The molecule has 0 atom stereocenters. The van der Waals surface area contributed by atoms with E-state index in [1.54, 1.807) is 24.3 Å². The van der Waals surface area contributed by atoms with Gasteiger partial charge in [0.2, 0.25) is 0 Å². The molecule has 0 radical (unpaired) electrons. The molecule has 0 aromatic heterocycles. The molecule has 1 aliphatic heterocycles. The molecule has 2 aromatic carbocycles. The largest absolute Gasteiger partial charge is 0.506 e. The Labute approximate surface area is 169 Å². The number of phenols is 1. The molecule has 0 saturated carbocycles. The Kier molecular flexibility index (Phi) is 5.46. The molecule has 1 amide bonds. The number of hydrogen-bond donors (Lipinski definition) is 2. The molecule has 1 heterocycles. The zero-order valence-electron chi connectivity index (χ0n) is 15.7. The van der Waals surface area contributed by atoms with Crippen LogP contribution in [-0.4, -0.2) is 40.1 Å². The fourth-order valence-electron chi connectivity index (χ4n) is 2.89. The second kappa shape index (κ2) is 7.56. The zero-order chi connectivity index (χ0) is 21.4. The van der Waals surface area contributed by atoms with Gasteiger partial charge in [0.25, 0.3) is 5.91 Å². The summed E-state index contributed by atoms with van der Waals surface area (Å²) in [6.45, 7) is 2.91. The van der Waals surface area contributed by atoms with E-state index in [0.717, 1.165) is 9.87 Å². The van der Waals surface area contributed by atoms with E-state index in [2.05, 4.69) is 0 Å². The van der Waals surface area contributed by atoms with Crippen molar-refractivity contribution in [2.24, 2.45) is 0 Å². The third-order valence-electron chi connectivity index (χ3n) is 4.31. The molecule has 0 aliphatic carbocycles. The summed E-state index contributed by atoms with van der Waals surface area (Å²) < 4.78 is 55.4. The van der Waals surface area contributed by atoms with Gasteiger partial charge in [-0.15, -0.1) is 0 Å².